The second-order valence-electron chi connectivity index (χ2n) is 1.54. The minimum atomic E-state index is -0.745. The van der Waals surface area contributed by atoms with Crippen molar-refractivity contribution >= 4 is 30.8 Å². The van der Waals surface area contributed by atoms with Crippen LogP contribution in [0.3, 0.4) is 0 Å². The first-order chi connectivity index (χ1) is 5.95. The monoisotopic (exact) mass is 443 g/mol. The van der Waals surface area contributed by atoms with E-state index in [4.69, 9.17) is 29.0 Å². The Morgan fingerprint density at radius 3 is 1.07 bits per heavy atom. The molecular formula is C8H18Cl2O4Pt. The fourth-order valence-electron chi connectivity index (χ4n) is 0. The molecule has 0 radical (unpaired) electrons. The van der Waals surface area contributed by atoms with Crippen LogP contribution in [0, 0.1) is 14.9 Å². The molecule has 0 amide bonds. The van der Waals surface area contributed by atoms with Crippen molar-refractivity contribution in [2.75, 3.05) is 0 Å². The fourth-order valence-corrected chi connectivity index (χ4v) is 0. The van der Waals surface area contributed by atoms with Crippen LogP contribution in [-0.4, -0.2) is 22.2 Å². The number of carboxylic acids is 2. The Bertz CT molecular complexity index is 120. The molecule has 0 aromatic heterocycles. The summed E-state index contributed by atoms with van der Waals surface area (Å²) in [6, 6.07) is 0. The number of aliphatic carboxylic acids is 2. The fraction of sp³-hybridized carbons (Fsp3) is 0.500. The summed E-state index contributed by atoms with van der Waals surface area (Å²) in [7, 11) is 9.75. The van der Waals surface area contributed by atoms with E-state index in [1.54, 1.807) is 13.8 Å². The van der Waals surface area contributed by atoms with Gasteiger partial charge in [0.15, 0.2) is 0 Å². The van der Waals surface area contributed by atoms with Crippen LogP contribution in [0.15, 0.2) is 0 Å². The average Bonchev–Trinajstić information content (AvgIpc) is 2.07. The van der Waals surface area contributed by atoms with Crippen molar-refractivity contribution in [2.45, 2.75) is 26.7 Å². The maximum absolute atomic E-state index is 9.37. The van der Waals surface area contributed by atoms with Gasteiger partial charge in [-0.3, -0.25) is 9.59 Å². The van der Waals surface area contributed by atoms with Crippen molar-refractivity contribution in [3.05, 3.63) is 14.9 Å². The Morgan fingerprint density at radius 2 is 1.07 bits per heavy atom. The number of carbonyl (C=O) groups is 2. The van der Waals surface area contributed by atoms with E-state index in [0.29, 0.717) is 0 Å². The van der Waals surface area contributed by atoms with Gasteiger partial charge in [0.05, 0.1) is 0 Å². The van der Waals surface area contributed by atoms with E-state index in [2.05, 4.69) is 0 Å². The van der Waals surface area contributed by atoms with Crippen LogP contribution in [0.25, 0.3) is 0 Å². The molecule has 15 heavy (non-hydrogen) atoms. The van der Waals surface area contributed by atoms with Crippen LogP contribution in [-0.2, 0) is 26.1 Å². The molecule has 0 fully saturated rings. The van der Waals surface area contributed by atoms with Gasteiger partial charge < -0.3 is 25.1 Å². The van der Waals surface area contributed by atoms with Gasteiger partial charge in [-0.15, -0.1) is 0 Å². The molecule has 0 heterocycles. The van der Waals surface area contributed by atoms with E-state index >= 15 is 0 Å². The Labute approximate surface area is 108 Å². The minimum absolute atomic E-state index is 0. The van der Waals surface area contributed by atoms with Gasteiger partial charge in [-0.1, -0.05) is 13.8 Å². The van der Waals surface area contributed by atoms with Crippen molar-refractivity contribution in [3.8, 4) is 0 Å². The number of halogens is 2. The topological polar surface area (TPSA) is 74.6 Å². The number of carboxylic acid groups (broad SMARTS) is 2. The summed E-state index contributed by atoms with van der Waals surface area (Å²) in [5.41, 5.74) is 0. The summed E-state index contributed by atoms with van der Waals surface area (Å²) >= 11 is -0.472. The molecule has 0 rings (SSSR count). The zero-order chi connectivity index (χ0) is 11.3. The number of hydrogen-bond acceptors (Lipinski definition) is 2. The van der Waals surface area contributed by atoms with Crippen LogP contribution in [0.1, 0.15) is 26.7 Å². The second-order valence-corrected chi connectivity index (χ2v) is 4.82. The summed E-state index contributed by atoms with van der Waals surface area (Å²) in [5, 5.41) is 15.4. The van der Waals surface area contributed by atoms with Gasteiger partial charge in [-0.2, -0.15) is 0 Å². The summed E-state index contributed by atoms with van der Waals surface area (Å²) in [4.78, 5) is 18.7. The molecule has 0 unspecified atom stereocenters. The predicted octanol–water partition coefficient (Wildman–Crippen LogP) is 3.24. The molecule has 7 heteroatoms. The number of hydrogen-bond donors (Lipinski definition) is 2. The van der Waals surface area contributed by atoms with Crippen molar-refractivity contribution in [1.29, 1.82) is 0 Å². The van der Waals surface area contributed by atoms with Crippen LogP contribution in [0.4, 0.5) is 0 Å². The van der Waals surface area contributed by atoms with Gasteiger partial charge in [0.1, 0.15) is 0 Å². The molecule has 0 aliphatic heterocycles. The summed E-state index contributed by atoms with van der Waals surface area (Å²) in [6.07, 6.45) is 0.444. The van der Waals surface area contributed by atoms with Gasteiger partial charge in [0.2, 0.25) is 0 Å². The van der Waals surface area contributed by atoms with Gasteiger partial charge in [-0.25, -0.2) is 0 Å². The zero-order valence-electron chi connectivity index (χ0n) is 9.20. The summed E-state index contributed by atoms with van der Waals surface area (Å²) < 4.78 is 0. The van der Waals surface area contributed by atoms with Gasteiger partial charge in [-0.05, 0) is 0 Å². The quantitative estimate of drug-likeness (QED) is 0.642. The van der Waals surface area contributed by atoms with E-state index in [9.17, 15) is 9.59 Å². The predicted molar refractivity (Wildman–Crippen MR) is 60.4 cm³/mol. The van der Waals surface area contributed by atoms with Gasteiger partial charge in [0.25, 0.3) is 0 Å². The molecule has 0 bridgehead atoms. The molecule has 0 saturated heterocycles. The van der Waals surface area contributed by atoms with E-state index in [1.807, 2.05) is 0 Å². The first-order valence-corrected chi connectivity index (χ1v) is 8.85. The summed E-state index contributed by atoms with van der Waals surface area (Å²) in [5.74, 6) is -1.49. The van der Waals surface area contributed by atoms with Gasteiger partial charge in [0, 0.05) is 12.8 Å². The van der Waals surface area contributed by atoms with Crippen molar-refractivity contribution in [1.82, 2.24) is 0 Å². The second kappa shape index (κ2) is 29.2. The molecule has 98 valence electrons. The molecule has 0 saturated carbocycles. The molecule has 0 atom stereocenters. The van der Waals surface area contributed by atoms with E-state index in [0.717, 1.165) is 0 Å². The Balaban J connectivity index is -0.0000000322. The van der Waals surface area contributed by atoms with Crippen LogP contribution in [0.5, 0.6) is 0 Å². The average molecular weight is 444 g/mol. The normalized spacial score (nSPS) is 6.40. The Hall–Kier alpha value is 0.208. The van der Waals surface area contributed by atoms with Crippen molar-refractivity contribution < 1.29 is 36.3 Å². The maximum atomic E-state index is 9.37. The molecular weight excluding hydrogens is 426 g/mol. The third-order valence-electron chi connectivity index (χ3n) is 0.605. The Kier molecular flexibility index (Phi) is 57.4. The van der Waals surface area contributed by atoms with E-state index in [1.165, 1.54) is 0 Å². The van der Waals surface area contributed by atoms with Crippen LogP contribution >= 0.6 is 18.8 Å². The van der Waals surface area contributed by atoms with Crippen LogP contribution in [0.2, 0.25) is 0 Å². The first-order valence-electron chi connectivity index (χ1n) is 3.22. The molecule has 2 N–H and O–H groups in total. The molecule has 0 aromatic carbocycles. The molecule has 0 aliphatic carbocycles. The molecule has 0 aliphatic rings. The standard InChI is InChI=1S/2C3H6O2.2CH3.2ClH.Pt/c2*1-2-3(4)5;;;;;/h2*2H2,1H3,(H,4,5);2*1H3;2*1H;/q;;2*-1;;;+4/p-2. The summed E-state index contributed by atoms with van der Waals surface area (Å²) in [6.45, 7) is 3.20. The zero-order valence-corrected chi connectivity index (χ0v) is 13.0. The molecule has 0 aromatic rings. The third-order valence-corrected chi connectivity index (χ3v) is 0.605. The van der Waals surface area contributed by atoms with Crippen molar-refractivity contribution in [2.24, 2.45) is 0 Å². The van der Waals surface area contributed by atoms with E-state index < -0.39 is 28.4 Å². The third kappa shape index (κ3) is 120. The van der Waals surface area contributed by atoms with Crippen molar-refractivity contribution in [3.63, 3.8) is 0 Å². The molecule has 0 spiro atoms. The van der Waals surface area contributed by atoms with E-state index in [-0.39, 0.29) is 27.7 Å². The SMILES string of the molecule is CCC(=O)O.CCC(=O)O.[CH3-].[CH3-].[Cl][Pt+2][Cl]. The van der Waals surface area contributed by atoms with Crippen LogP contribution < -0.4 is 0 Å². The Morgan fingerprint density at radius 1 is 1.00 bits per heavy atom. The molecule has 4 nitrogen and oxygen atoms in total. The first kappa shape index (κ1) is 29.5. The van der Waals surface area contributed by atoms with Gasteiger partial charge >= 0.3 is 47.3 Å². The number of rotatable bonds is 2.